The van der Waals surface area contributed by atoms with Crippen molar-refractivity contribution >= 4 is 23.2 Å². The summed E-state index contributed by atoms with van der Waals surface area (Å²) < 4.78 is 1.62. The van der Waals surface area contributed by atoms with Gasteiger partial charge in [0.25, 0.3) is 5.91 Å². The van der Waals surface area contributed by atoms with Gasteiger partial charge in [-0.2, -0.15) is 5.10 Å². The first-order chi connectivity index (χ1) is 9.06. The highest BCUT2D eigenvalue weighted by molar-refractivity contribution is 6.30. The molecule has 1 heterocycles. The maximum Gasteiger partial charge on any atom is 0.255 e. The van der Waals surface area contributed by atoms with Gasteiger partial charge in [-0.1, -0.05) is 11.6 Å². The Balaban J connectivity index is 1.90. The van der Waals surface area contributed by atoms with Crippen molar-refractivity contribution in [2.24, 2.45) is 0 Å². The molecule has 100 valence electrons. The number of benzene rings is 1. The molecule has 1 amide bonds. The molecule has 0 aliphatic rings. The summed E-state index contributed by atoms with van der Waals surface area (Å²) in [5.41, 5.74) is 6.27. The lowest BCUT2D eigenvalue weighted by Gasteiger charge is -2.07. The Morgan fingerprint density at radius 3 is 2.95 bits per heavy atom. The first-order valence-electron chi connectivity index (χ1n) is 5.61. The van der Waals surface area contributed by atoms with Gasteiger partial charge in [0.05, 0.1) is 24.0 Å². The van der Waals surface area contributed by atoms with Crippen LogP contribution in [0.15, 0.2) is 30.6 Å². The lowest BCUT2D eigenvalue weighted by atomic mass is 10.2. The Labute approximate surface area is 114 Å². The molecule has 0 saturated carbocycles. The molecule has 0 unspecified atom stereocenters. The highest BCUT2D eigenvalue weighted by Crippen LogP contribution is 2.21. The van der Waals surface area contributed by atoms with Gasteiger partial charge >= 0.3 is 0 Å². The zero-order valence-corrected chi connectivity index (χ0v) is 10.8. The maximum atomic E-state index is 11.8. The van der Waals surface area contributed by atoms with E-state index in [0.717, 1.165) is 0 Å². The third-order valence-corrected chi connectivity index (χ3v) is 2.72. The molecule has 6 nitrogen and oxygen atoms in total. The van der Waals surface area contributed by atoms with Crippen LogP contribution in [0.3, 0.4) is 0 Å². The lowest BCUT2D eigenvalue weighted by Crippen LogP contribution is -2.27. The van der Waals surface area contributed by atoms with Gasteiger partial charge < -0.3 is 16.2 Å². The zero-order chi connectivity index (χ0) is 13.8. The third kappa shape index (κ3) is 3.38. The predicted octanol–water partition coefficient (Wildman–Crippen LogP) is 1.25. The second-order valence-electron chi connectivity index (χ2n) is 3.95. The number of phenols is 1. The molecule has 0 atom stereocenters. The van der Waals surface area contributed by atoms with Gasteiger partial charge in [0.1, 0.15) is 5.75 Å². The van der Waals surface area contributed by atoms with E-state index in [-0.39, 0.29) is 17.2 Å². The Morgan fingerprint density at radius 1 is 1.53 bits per heavy atom. The first kappa shape index (κ1) is 13.2. The van der Waals surface area contributed by atoms with E-state index in [2.05, 4.69) is 10.4 Å². The molecule has 19 heavy (non-hydrogen) atoms. The molecule has 1 aromatic carbocycles. The molecule has 2 aromatic rings. The van der Waals surface area contributed by atoms with Gasteiger partial charge in [-0.3, -0.25) is 9.48 Å². The average molecular weight is 281 g/mol. The Bertz CT molecular complexity index is 597. The molecule has 0 saturated heterocycles. The molecule has 2 rings (SSSR count). The summed E-state index contributed by atoms with van der Waals surface area (Å²) in [7, 11) is 0. The van der Waals surface area contributed by atoms with Gasteiger partial charge in [-0.25, -0.2) is 0 Å². The summed E-state index contributed by atoms with van der Waals surface area (Å²) in [5.74, 6) is -0.511. The number of aromatic hydroxyl groups is 1. The van der Waals surface area contributed by atoms with Crippen LogP contribution in [-0.4, -0.2) is 27.3 Å². The lowest BCUT2D eigenvalue weighted by molar-refractivity contribution is 0.0949. The Morgan fingerprint density at radius 2 is 2.32 bits per heavy atom. The van der Waals surface area contributed by atoms with Crippen LogP contribution in [0.5, 0.6) is 5.75 Å². The number of anilines is 1. The van der Waals surface area contributed by atoms with Crippen LogP contribution in [0, 0.1) is 0 Å². The number of nitrogens with zero attached hydrogens (tertiary/aromatic N) is 2. The number of carbonyl (C=O) groups excluding carboxylic acids is 1. The number of rotatable bonds is 4. The summed E-state index contributed by atoms with van der Waals surface area (Å²) >= 11 is 5.69. The van der Waals surface area contributed by atoms with Crippen molar-refractivity contribution in [2.75, 3.05) is 12.3 Å². The van der Waals surface area contributed by atoms with E-state index in [1.165, 1.54) is 18.3 Å². The fraction of sp³-hybridized carbons (Fsp3) is 0.167. The number of carbonyl (C=O) groups is 1. The number of aromatic nitrogens is 2. The molecule has 4 N–H and O–H groups in total. The van der Waals surface area contributed by atoms with Crippen LogP contribution in [0.1, 0.15) is 10.4 Å². The van der Waals surface area contributed by atoms with Crippen LogP contribution >= 0.6 is 11.6 Å². The minimum Gasteiger partial charge on any atom is -0.507 e. The van der Waals surface area contributed by atoms with Crippen molar-refractivity contribution in [3.8, 4) is 5.75 Å². The molecule has 0 bridgehead atoms. The zero-order valence-electron chi connectivity index (χ0n) is 10.0. The highest BCUT2D eigenvalue weighted by atomic mass is 35.5. The number of hydrogen-bond acceptors (Lipinski definition) is 4. The standard InChI is InChI=1S/C12H13ClN4O2/c13-8-1-2-10(11(18)5-8)12(19)15-3-4-17-7-9(14)6-16-17/h1-2,5-7,18H,3-4,14H2,(H,15,19). The molecular formula is C12H13ClN4O2. The minimum atomic E-state index is -0.366. The van der Waals surface area contributed by atoms with Crippen molar-refractivity contribution in [3.05, 3.63) is 41.2 Å². The number of nitrogen functional groups attached to an aromatic ring is 1. The molecular weight excluding hydrogens is 268 g/mol. The molecule has 0 radical (unpaired) electrons. The van der Waals surface area contributed by atoms with Crippen LogP contribution in [0.25, 0.3) is 0 Å². The summed E-state index contributed by atoms with van der Waals surface area (Å²) in [6, 6.07) is 4.34. The van der Waals surface area contributed by atoms with Crippen molar-refractivity contribution in [2.45, 2.75) is 6.54 Å². The number of halogens is 1. The van der Waals surface area contributed by atoms with Crippen LogP contribution in [0.2, 0.25) is 5.02 Å². The highest BCUT2D eigenvalue weighted by Gasteiger charge is 2.10. The van der Waals surface area contributed by atoms with E-state index < -0.39 is 0 Å². The largest absolute Gasteiger partial charge is 0.507 e. The van der Waals surface area contributed by atoms with E-state index in [1.54, 1.807) is 16.9 Å². The number of hydrogen-bond donors (Lipinski definition) is 3. The predicted molar refractivity (Wildman–Crippen MR) is 72.1 cm³/mol. The van der Waals surface area contributed by atoms with Gasteiger partial charge in [0, 0.05) is 17.8 Å². The number of nitrogens with one attached hydrogen (secondary N) is 1. The maximum absolute atomic E-state index is 11.8. The molecule has 0 spiro atoms. The van der Waals surface area contributed by atoms with Crippen LogP contribution < -0.4 is 11.1 Å². The van der Waals surface area contributed by atoms with Gasteiger partial charge in [-0.15, -0.1) is 0 Å². The number of phenolic OH excluding ortho intramolecular Hbond substituents is 1. The van der Waals surface area contributed by atoms with Crippen LogP contribution in [-0.2, 0) is 6.54 Å². The molecule has 0 fully saturated rings. The quantitative estimate of drug-likeness (QED) is 0.786. The third-order valence-electron chi connectivity index (χ3n) is 2.48. The summed E-state index contributed by atoms with van der Waals surface area (Å²) in [6.07, 6.45) is 3.21. The molecule has 1 aromatic heterocycles. The Hall–Kier alpha value is -2.21. The SMILES string of the molecule is Nc1cnn(CCNC(=O)c2ccc(Cl)cc2O)c1. The summed E-state index contributed by atoms with van der Waals surface area (Å²) in [5, 5.41) is 16.6. The first-order valence-corrected chi connectivity index (χ1v) is 5.98. The summed E-state index contributed by atoms with van der Waals surface area (Å²) in [4.78, 5) is 11.8. The normalized spacial score (nSPS) is 10.4. The van der Waals surface area contributed by atoms with Crippen LogP contribution in [0.4, 0.5) is 5.69 Å². The molecule has 7 heteroatoms. The topological polar surface area (TPSA) is 93.2 Å². The second kappa shape index (κ2) is 5.62. The van der Waals surface area contributed by atoms with Crippen molar-refractivity contribution in [1.82, 2.24) is 15.1 Å². The van der Waals surface area contributed by atoms with E-state index in [0.29, 0.717) is 23.8 Å². The van der Waals surface area contributed by atoms with E-state index in [1.807, 2.05) is 0 Å². The van der Waals surface area contributed by atoms with E-state index in [9.17, 15) is 9.90 Å². The van der Waals surface area contributed by atoms with E-state index >= 15 is 0 Å². The Kier molecular flexibility index (Phi) is 3.91. The minimum absolute atomic E-state index is 0.145. The van der Waals surface area contributed by atoms with Crippen molar-refractivity contribution in [1.29, 1.82) is 0 Å². The van der Waals surface area contributed by atoms with E-state index in [4.69, 9.17) is 17.3 Å². The number of nitrogens with two attached hydrogens (primary N) is 1. The monoisotopic (exact) mass is 280 g/mol. The smallest absolute Gasteiger partial charge is 0.255 e. The molecule has 0 aliphatic heterocycles. The van der Waals surface area contributed by atoms with Gasteiger partial charge in [-0.05, 0) is 18.2 Å². The molecule has 0 aliphatic carbocycles. The summed E-state index contributed by atoms with van der Waals surface area (Å²) in [6.45, 7) is 0.874. The van der Waals surface area contributed by atoms with Gasteiger partial charge in [0.15, 0.2) is 0 Å². The fourth-order valence-electron chi connectivity index (χ4n) is 1.58. The fourth-order valence-corrected chi connectivity index (χ4v) is 1.74. The second-order valence-corrected chi connectivity index (χ2v) is 4.39. The van der Waals surface area contributed by atoms with Crippen molar-refractivity contribution < 1.29 is 9.90 Å². The average Bonchev–Trinajstić information content (AvgIpc) is 2.75. The van der Waals surface area contributed by atoms with Crippen molar-refractivity contribution in [3.63, 3.8) is 0 Å². The van der Waals surface area contributed by atoms with Gasteiger partial charge in [0.2, 0.25) is 0 Å². The number of amides is 1.